The topological polar surface area (TPSA) is 60.9 Å². The van der Waals surface area contributed by atoms with Gasteiger partial charge in [-0.1, -0.05) is 0 Å². The molecule has 0 aromatic rings. The van der Waals surface area contributed by atoms with Gasteiger partial charge in [-0.15, -0.1) is 0 Å². The van der Waals surface area contributed by atoms with Gasteiger partial charge in [-0.3, -0.25) is 9.59 Å². The van der Waals surface area contributed by atoms with Crippen LogP contribution in [-0.4, -0.2) is 58.5 Å². The molecule has 0 radical (unpaired) electrons. The highest BCUT2D eigenvalue weighted by Crippen LogP contribution is 2.24. The van der Waals surface area contributed by atoms with Crippen molar-refractivity contribution in [3.05, 3.63) is 0 Å². The predicted octanol–water partition coefficient (Wildman–Crippen LogP) is 0.473. The second kappa shape index (κ2) is 5.26. The van der Waals surface area contributed by atoms with Crippen molar-refractivity contribution in [2.24, 2.45) is 5.92 Å². The molecular weight excluding hydrogens is 232 g/mol. The molecule has 1 fully saturated rings. The Morgan fingerprint density at radius 2 is 2.11 bits per heavy atom. The van der Waals surface area contributed by atoms with E-state index in [0.717, 1.165) is 0 Å². The first kappa shape index (κ1) is 15.0. The summed E-state index contributed by atoms with van der Waals surface area (Å²) < 4.78 is 0. The van der Waals surface area contributed by atoms with E-state index in [1.165, 1.54) is 0 Å². The lowest BCUT2D eigenvalue weighted by molar-refractivity contribution is -0.140. The van der Waals surface area contributed by atoms with Gasteiger partial charge >= 0.3 is 0 Å². The smallest absolute Gasteiger partial charge is 0.228 e. The zero-order valence-electron chi connectivity index (χ0n) is 11.9. The minimum atomic E-state index is -0.592. The van der Waals surface area contributed by atoms with Crippen LogP contribution in [0, 0.1) is 5.92 Å². The fraction of sp³-hybridized carbons (Fsp3) is 0.846. The molecule has 5 heteroatoms. The first-order valence-corrected chi connectivity index (χ1v) is 6.38. The standard InChI is InChI=1S/C13H24N2O3/c1-9(2)15-7-10(6-11(15)17)12(18)14(5)13(3,4)8-16/h9-10,16H,6-8H2,1-5H3. The number of likely N-dealkylation sites (tertiary alicyclic amines) is 1. The Bertz CT molecular complexity index is 339. The van der Waals surface area contributed by atoms with Gasteiger partial charge in [-0.2, -0.15) is 0 Å². The monoisotopic (exact) mass is 256 g/mol. The maximum atomic E-state index is 12.3. The molecule has 1 saturated heterocycles. The molecule has 1 rings (SSSR count). The van der Waals surface area contributed by atoms with Crippen LogP contribution < -0.4 is 0 Å². The van der Waals surface area contributed by atoms with Crippen LogP contribution in [0.15, 0.2) is 0 Å². The van der Waals surface area contributed by atoms with Crippen LogP contribution in [-0.2, 0) is 9.59 Å². The van der Waals surface area contributed by atoms with Gasteiger partial charge in [-0.05, 0) is 27.7 Å². The highest BCUT2D eigenvalue weighted by atomic mass is 16.3. The normalized spacial score (nSPS) is 20.7. The van der Waals surface area contributed by atoms with Crippen molar-refractivity contribution in [3.63, 3.8) is 0 Å². The van der Waals surface area contributed by atoms with E-state index in [9.17, 15) is 14.7 Å². The number of carbonyl (C=O) groups excluding carboxylic acids is 2. The Balaban J connectivity index is 2.73. The highest BCUT2D eigenvalue weighted by Gasteiger charge is 2.39. The molecule has 1 atom stereocenters. The predicted molar refractivity (Wildman–Crippen MR) is 68.9 cm³/mol. The molecular formula is C13H24N2O3. The van der Waals surface area contributed by atoms with Gasteiger partial charge < -0.3 is 14.9 Å². The lowest BCUT2D eigenvalue weighted by Crippen LogP contribution is -2.50. The first-order chi connectivity index (χ1) is 8.20. The highest BCUT2D eigenvalue weighted by molar-refractivity contribution is 5.89. The van der Waals surface area contributed by atoms with Gasteiger partial charge in [0.25, 0.3) is 0 Å². The van der Waals surface area contributed by atoms with Crippen molar-refractivity contribution in [2.45, 2.75) is 45.7 Å². The minimum Gasteiger partial charge on any atom is -0.394 e. The molecule has 1 heterocycles. The SMILES string of the molecule is CC(C)N1CC(C(=O)N(C)C(C)(C)CO)CC1=O. The number of hydrogen-bond donors (Lipinski definition) is 1. The molecule has 0 aromatic heterocycles. The van der Waals surface area contributed by atoms with Gasteiger partial charge in [0.2, 0.25) is 11.8 Å². The number of carbonyl (C=O) groups is 2. The maximum absolute atomic E-state index is 12.3. The number of nitrogens with zero attached hydrogens (tertiary/aromatic N) is 2. The van der Waals surface area contributed by atoms with E-state index < -0.39 is 5.54 Å². The molecule has 0 spiro atoms. The van der Waals surface area contributed by atoms with Gasteiger partial charge in [-0.25, -0.2) is 0 Å². The average Bonchev–Trinajstić information content (AvgIpc) is 2.69. The third-order valence-electron chi connectivity index (χ3n) is 3.76. The lowest BCUT2D eigenvalue weighted by Gasteiger charge is -2.35. The van der Waals surface area contributed by atoms with Crippen LogP contribution in [0.25, 0.3) is 0 Å². The molecule has 2 amide bonds. The van der Waals surface area contributed by atoms with E-state index in [0.29, 0.717) is 6.54 Å². The molecule has 0 aliphatic carbocycles. The molecule has 1 aliphatic rings. The Morgan fingerprint density at radius 3 is 2.50 bits per heavy atom. The van der Waals surface area contributed by atoms with Crippen molar-refractivity contribution in [1.29, 1.82) is 0 Å². The van der Waals surface area contributed by atoms with Gasteiger partial charge in [0.05, 0.1) is 18.1 Å². The van der Waals surface area contributed by atoms with Gasteiger partial charge in [0.1, 0.15) is 0 Å². The number of amides is 2. The van der Waals surface area contributed by atoms with Crippen molar-refractivity contribution < 1.29 is 14.7 Å². The number of rotatable bonds is 4. The maximum Gasteiger partial charge on any atom is 0.228 e. The van der Waals surface area contributed by atoms with Crippen molar-refractivity contribution in [1.82, 2.24) is 9.80 Å². The lowest BCUT2D eigenvalue weighted by atomic mass is 10.0. The second-order valence-electron chi connectivity index (χ2n) is 5.91. The van der Waals surface area contributed by atoms with Gasteiger partial charge in [0, 0.05) is 26.1 Å². The zero-order chi connectivity index (χ0) is 14.1. The average molecular weight is 256 g/mol. The van der Waals surface area contributed by atoms with Crippen LogP contribution in [0.1, 0.15) is 34.1 Å². The second-order valence-corrected chi connectivity index (χ2v) is 5.91. The van der Waals surface area contributed by atoms with Gasteiger partial charge in [0.15, 0.2) is 0 Å². The van der Waals surface area contributed by atoms with Crippen LogP contribution in [0.2, 0.25) is 0 Å². The van der Waals surface area contributed by atoms with E-state index in [4.69, 9.17) is 0 Å². The molecule has 104 valence electrons. The van der Waals surface area contributed by atoms with E-state index in [-0.39, 0.29) is 36.8 Å². The summed E-state index contributed by atoms with van der Waals surface area (Å²) in [7, 11) is 1.68. The largest absolute Gasteiger partial charge is 0.394 e. The first-order valence-electron chi connectivity index (χ1n) is 6.38. The van der Waals surface area contributed by atoms with Crippen LogP contribution >= 0.6 is 0 Å². The number of aliphatic hydroxyl groups is 1. The molecule has 0 aromatic carbocycles. The van der Waals surface area contributed by atoms with Crippen LogP contribution in [0.5, 0.6) is 0 Å². The summed E-state index contributed by atoms with van der Waals surface area (Å²) >= 11 is 0. The van der Waals surface area contributed by atoms with E-state index in [1.807, 2.05) is 27.7 Å². The van der Waals surface area contributed by atoms with E-state index >= 15 is 0 Å². The summed E-state index contributed by atoms with van der Waals surface area (Å²) in [6.07, 6.45) is 0.281. The summed E-state index contributed by atoms with van der Waals surface area (Å²) in [6.45, 7) is 7.91. The Kier molecular flexibility index (Phi) is 4.37. The summed E-state index contributed by atoms with van der Waals surface area (Å²) in [5.41, 5.74) is -0.592. The molecule has 1 N–H and O–H groups in total. The fourth-order valence-corrected chi connectivity index (χ4v) is 2.07. The van der Waals surface area contributed by atoms with Crippen LogP contribution in [0.4, 0.5) is 0 Å². The molecule has 1 unspecified atom stereocenters. The molecule has 5 nitrogen and oxygen atoms in total. The Hall–Kier alpha value is -1.10. The Labute approximate surface area is 109 Å². The number of hydrogen-bond acceptors (Lipinski definition) is 3. The van der Waals surface area contributed by atoms with Crippen molar-refractivity contribution >= 4 is 11.8 Å². The summed E-state index contributed by atoms with van der Waals surface area (Å²) in [5, 5.41) is 9.28. The summed E-state index contributed by atoms with van der Waals surface area (Å²) in [4.78, 5) is 27.4. The Morgan fingerprint density at radius 1 is 1.56 bits per heavy atom. The molecule has 1 aliphatic heterocycles. The minimum absolute atomic E-state index is 0.0403. The number of aliphatic hydroxyl groups excluding tert-OH is 1. The fourth-order valence-electron chi connectivity index (χ4n) is 2.07. The van der Waals surface area contributed by atoms with Crippen molar-refractivity contribution in [3.8, 4) is 0 Å². The molecule has 0 bridgehead atoms. The van der Waals surface area contributed by atoms with Crippen LogP contribution in [0.3, 0.4) is 0 Å². The number of likely N-dealkylation sites (N-methyl/N-ethyl adjacent to an activating group) is 1. The third kappa shape index (κ3) is 2.83. The quantitative estimate of drug-likeness (QED) is 0.795. The van der Waals surface area contributed by atoms with E-state index in [1.54, 1.807) is 16.8 Å². The molecule has 0 saturated carbocycles. The van der Waals surface area contributed by atoms with Crippen molar-refractivity contribution in [2.75, 3.05) is 20.2 Å². The molecule has 18 heavy (non-hydrogen) atoms. The zero-order valence-corrected chi connectivity index (χ0v) is 11.9. The third-order valence-corrected chi connectivity index (χ3v) is 3.76. The van der Waals surface area contributed by atoms with E-state index in [2.05, 4.69) is 0 Å². The summed E-state index contributed by atoms with van der Waals surface area (Å²) in [5.74, 6) is -0.306. The summed E-state index contributed by atoms with van der Waals surface area (Å²) in [6, 6.07) is 0.131.